The van der Waals surface area contributed by atoms with E-state index in [1.165, 1.54) is 5.56 Å². The first-order chi connectivity index (χ1) is 13.8. The van der Waals surface area contributed by atoms with Crippen LogP contribution in [0, 0.1) is 0 Å². The molecular formula is C24H25NO4. The van der Waals surface area contributed by atoms with Gasteiger partial charge in [-0.25, -0.2) is 4.79 Å². The van der Waals surface area contributed by atoms with E-state index in [0.717, 1.165) is 10.8 Å². The number of ether oxygens (including phenoxy) is 2. The second-order valence-electron chi connectivity index (χ2n) is 7.80. The van der Waals surface area contributed by atoms with Gasteiger partial charge in [-0.15, -0.1) is 0 Å². The van der Waals surface area contributed by atoms with Gasteiger partial charge in [0.1, 0.15) is 5.75 Å². The largest absolute Gasteiger partial charge is 0.482 e. The molecule has 0 unspecified atom stereocenters. The summed E-state index contributed by atoms with van der Waals surface area (Å²) in [7, 11) is 0. The lowest BCUT2D eigenvalue weighted by Crippen LogP contribution is -2.23. The molecule has 1 amide bonds. The number of esters is 1. The normalized spacial score (nSPS) is 11.1. The average molecular weight is 391 g/mol. The van der Waals surface area contributed by atoms with Crippen LogP contribution in [0.2, 0.25) is 0 Å². The van der Waals surface area contributed by atoms with Crippen LogP contribution in [-0.2, 0) is 19.7 Å². The molecule has 0 fully saturated rings. The topological polar surface area (TPSA) is 64.6 Å². The van der Waals surface area contributed by atoms with Gasteiger partial charge < -0.3 is 14.8 Å². The molecular weight excluding hydrogens is 366 g/mol. The molecule has 0 saturated heterocycles. The van der Waals surface area contributed by atoms with E-state index in [2.05, 4.69) is 26.1 Å². The third-order valence-electron chi connectivity index (χ3n) is 4.51. The van der Waals surface area contributed by atoms with Gasteiger partial charge in [0.15, 0.2) is 13.2 Å². The van der Waals surface area contributed by atoms with Crippen LogP contribution in [-0.4, -0.2) is 25.1 Å². The van der Waals surface area contributed by atoms with Crippen molar-refractivity contribution in [2.75, 3.05) is 18.5 Å². The summed E-state index contributed by atoms with van der Waals surface area (Å²) in [4.78, 5) is 24.0. The molecule has 0 bridgehead atoms. The van der Waals surface area contributed by atoms with Crippen LogP contribution in [0.1, 0.15) is 26.3 Å². The summed E-state index contributed by atoms with van der Waals surface area (Å²) in [6.07, 6.45) is 0. The Hall–Kier alpha value is -3.34. The third kappa shape index (κ3) is 5.57. The van der Waals surface area contributed by atoms with Crippen LogP contribution < -0.4 is 10.1 Å². The van der Waals surface area contributed by atoms with E-state index in [4.69, 9.17) is 9.47 Å². The highest BCUT2D eigenvalue weighted by molar-refractivity contribution is 6.02. The van der Waals surface area contributed by atoms with Gasteiger partial charge >= 0.3 is 5.97 Å². The summed E-state index contributed by atoms with van der Waals surface area (Å²) in [6.45, 7) is 5.77. The minimum absolute atomic E-state index is 0.0505. The van der Waals surface area contributed by atoms with Crippen LogP contribution in [0.3, 0.4) is 0 Å². The van der Waals surface area contributed by atoms with Crippen molar-refractivity contribution in [3.05, 3.63) is 72.3 Å². The molecule has 0 aliphatic carbocycles. The zero-order valence-corrected chi connectivity index (χ0v) is 16.9. The Morgan fingerprint density at radius 1 is 0.862 bits per heavy atom. The number of hydrogen-bond donors (Lipinski definition) is 1. The Kier molecular flexibility index (Phi) is 6.17. The third-order valence-corrected chi connectivity index (χ3v) is 4.51. The van der Waals surface area contributed by atoms with Crippen molar-refractivity contribution in [3.63, 3.8) is 0 Å². The number of amides is 1. The van der Waals surface area contributed by atoms with Crippen molar-refractivity contribution in [3.8, 4) is 5.75 Å². The van der Waals surface area contributed by atoms with Gasteiger partial charge in [0.25, 0.3) is 5.91 Å². The molecule has 0 aliphatic heterocycles. The number of anilines is 1. The Morgan fingerprint density at radius 2 is 1.55 bits per heavy atom. The fourth-order valence-electron chi connectivity index (χ4n) is 2.90. The number of carbonyl (C=O) groups excluding carboxylic acids is 2. The van der Waals surface area contributed by atoms with Crippen LogP contribution in [0.25, 0.3) is 10.8 Å². The number of nitrogens with one attached hydrogen (secondary N) is 1. The average Bonchev–Trinajstić information content (AvgIpc) is 2.71. The van der Waals surface area contributed by atoms with Crippen molar-refractivity contribution in [1.29, 1.82) is 0 Å². The molecule has 3 rings (SSSR count). The standard InChI is InChI=1S/C24H25NO4/c1-24(2,3)18-11-13-19(14-12-18)28-16-23(27)29-15-22(26)25-21-10-6-8-17-7-4-5-9-20(17)21/h4-14H,15-16H2,1-3H3,(H,25,26). The Bertz CT molecular complexity index is 998. The van der Waals surface area contributed by atoms with Crippen LogP contribution in [0.15, 0.2) is 66.7 Å². The van der Waals surface area contributed by atoms with Crippen molar-refractivity contribution >= 4 is 28.3 Å². The molecule has 0 atom stereocenters. The van der Waals surface area contributed by atoms with Crippen LogP contribution in [0.4, 0.5) is 5.69 Å². The molecule has 0 spiro atoms. The summed E-state index contributed by atoms with van der Waals surface area (Å²) >= 11 is 0. The van der Waals surface area contributed by atoms with Gasteiger partial charge in [0.05, 0.1) is 0 Å². The molecule has 0 saturated carbocycles. The second-order valence-corrected chi connectivity index (χ2v) is 7.80. The van der Waals surface area contributed by atoms with E-state index in [-0.39, 0.29) is 18.6 Å². The van der Waals surface area contributed by atoms with Gasteiger partial charge in [-0.3, -0.25) is 4.79 Å². The molecule has 0 radical (unpaired) electrons. The van der Waals surface area contributed by atoms with E-state index in [0.29, 0.717) is 11.4 Å². The van der Waals surface area contributed by atoms with Crippen molar-refractivity contribution in [1.82, 2.24) is 0 Å². The summed E-state index contributed by atoms with van der Waals surface area (Å²) in [6, 6.07) is 21.0. The molecule has 3 aromatic rings. The van der Waals surface area contributed by atoms with Crippen LogP contribution in [0.5, 0.6) is 5.75 Å². The Morgan fingerprint density at radius 3 is 2.28 bits per heavy atom. The lowest BCUT2D eigenvalue weighted by atomic mass is 9.87. The predicted octanol–water partition coefficient (Wildman–Crippen LogP) is 4.70. The molecule has 5 nitrogen and oxygen atoms in total. The lowest BCUT2D eigenvalue weighted by Gasteiger charge is -2.19. The number of fused-ring (bicyclic) bond motifs is 1. The summed E-state index contributed by atoms with van der Waals surface area (Å²) in [5.41, 5.74) is 1.91. The lowest BCUT2D eigenvalue weighted by molar-refractivity contribution is -0.149. The molecule has 5 heteroatoms. The second kappa shape index (κ2) is 8.78. The number of benzene rings is 3. The maximum absolute atomic E-state index is 12.1. The Labute approximate surface area is 170 Å². The minimum Gasteiger partial charge on any atom is -0.482 e. The smallest absolute Gasteiger partial charge is 0.344 e. The number of hydrogen-bond acceptors (Lipinski definition) is 4. The van der Waals surface area contributed by atoms with Crippen molar-refractivity contribution in [2.24, 2.45) is 0 Å². The first-order valence-corrected chi connectivity index (χ1v) is 9.49. The van der Waals surface area contributed by atoms with Gasteiger partial charge in [-0.05, 0) is 34.6 Å². The monoisotopic (exact) mass is 391 g/mol. The highest BCUT2D eigenvalue weighted by Crippen LogP contribution is 2.24. The number of rotatable bonds is 6. The van der Waals surface area contributed by atoms with Crippen LogP contribution >= 0.6 is 0 Å². The maximum atomic E-state index is 12.1. The van der Waals surface area contributed by atoms with E-state index in [1.807, 2.05) is 66.7 Å². The van der Waals surface area contributed by atoms with E-state index in [9.17, 15) is 9.59 Å². The predicted molar refractivity (Wildman–Crippen MR) is 114 cm³/mol. The van der Waals surface area contributed by atoms with E-state index < -0.39 is 11.9 Å². The summed E-state index contributed by atoms with van der Waals surface area (Å²) in [5, 5.41) is 4.73. The summed E-state index contributed by atoms with van der Waals surface area (Å²) in [5.74, 6) is -0.419. The SMILES string of the molecule is CC(C)(C)c1ccc(OCC(=O)OCC(=O)Nc2cccc3ccccc23)cc1. The highest BCUT2D eigenvalue weighted by atomic mass is 16.6. The fraction of sp³-hybridized carbons (Fsp3) is 0.250. The minimum atomic E-state index is -0.599. The fourth-order valence-corrected chi connectivity index (χ4v) is 2.90. The van der Waals surface area contributed by atoms with Gasteiger partial charge in [0.2, 0.25) is 0 Å². The Balaban J connectivity index is 1.47. The molecule has 29 heavy (non-hydrogen) atoms. The zero-order valence-electron chi connectivity index (χ0n) is 16.9. The highest BCUT2D eigenvalue weighted by Gasteiger charge is 2.14. The van der Waals surface area contributed by atoms with E-state index in [1.54, 1.807) is 0 Å². The zero-order chi connectivity index (χ0) is 20.9. The van der Waals surface area contributed by atoms with Gasteiger partial charge in [-0.1, -0.05) is 69.3 Å². The molecule has 0 heterocycles. The van der Waals surface area contributed by atoms with Gasteiger partial charge in [0, 0.05) is 11.1 Å². The molecule has 0 aliphatic rings. The first-order valence-electron chi connectivity index (χ1n) is 9.49. The molecule has 3 aromatic carbocycles. The molecule has 150 valence electrons. The van der Waals surface area contributed by atoms with Crippen molar-refractivity contribution < 1.29 is 19.1 Å². The summed E-state index contributed by atoms with van der Waals surface area (Å²) < 4.78 is 10.4. The van der Waals surface area contributed by atoms with Gasteiger partial charge in [-0.2, -0.15) is 0 Å². The van der Waals surface area contributed by atoms with Crippen molar-refractivity contribution in [2.45, 2.75) is 26.2 Å². The quantitative estimate of drug-likeness (QED) is 0.619. The molecule has 0 aromatic heterocycles. The molecule has 1 N–H and O–H groups in total. The first kappa shape index (κ1) is 20.4. The van der Waals surface area contributed by atoms with E-state index >= 15 is 0 Å². The number of carbonyl (C=O) groups is 2. The maximum Gasteiger partial charge on any atom is 0.344 e.